The summed E-state index contributed by atoms with van der Waals surface area (Å²) in [5.74, 6) is 0. The zero-order chi connectivity index (χ0) is 41.4. The summed E-state index contributed by atoms with van der Waals surface area (Å²) in [6.45, 7) is 0. The molecule has 0 aliphatic carbocycles. The number of hydrogen-bond donors (Lipinski definition) is 0. The van der Waals surface area contributed by atoms with Gasteiger partial charge in [0.25, 0.3) is 0 Å². The van der Waals surface area contributed by atoms with Crippen molar-refractivity contribution < 1.29 is 4.42 Å². The summed E-state index contributed by atoms with van der Waals surface area (Å²) in [4.78, 5) is 2.37. The van der Waals surface area contributed by atoms with Gasteiger partial charge < -0.3 is 9.32 Å². The van der Waals surface area contributed by atoms with Crippen LogP contribution in [-0.4, -0.2) is 0 Å². The maximum Gasteiger partial charge on any atom is 0.143 e. The van der Waals surface area contributed by atoms with E-state index in [1.165, 1.54) is 69.4 Å². The second-order valence-electron chi connectivity index (χ2n) is 16.5. The second-order valence-corrected chi connectivity index (χ2v) is 17.5. The molecule has 0 spiro atoms. The van der Waals surface area contributed by atoms with Crippen molar-refractivity contribution in [2.24, 2.45) is 0 Å². The van der Waals surface area contributed by atoms with E-state index in [0.29, 0.717) is 0 Å². The summed E-state index contributed by atoms with van der Waals surface area (Å²) in [5, 5.41) is 12.3. The highest BCUT2D eigenvalue weighted by Crippen LogP contribution is 2.43. The Balaban J connectivity index is 0.892. The molecule has 0 N–H and O–H groups in total. The quantitative estimate of drug-likeness (QED) is 0.166. The van der Waals surface area contributed by atoms with Gasteiger partial charge in [0.1, 0.15) is 11.2 Å². The molecule has 0 aliphatic rings. The molecule has 3 heteroatoms. The summed E-state index contributed by atoms with van der Waals surface area (Å²) in [6, 6.07) is 81.8. The van der Waals surface area contributed by atoms with Crippen molar-refractivity contribution in [2.45, 2.75) is 0 Å². The lowest BCUT2D eigenvalue weighted by Crippen LogP contribution is -2.10. The predicted molar refractivity (Wildman–Crippen MR) is 270 cm³/mol. The van der Waals surface area contributed by atoms with Crippen LogP contribution in [0, 0.1) is 0 Å². The average molecular weight is 820 g/mol. The van der Waals surface area contributed by atoms with Crippen LogP contribution in [0.4, 0.5) is 17.1 Å². The van der Waals surface area contributed by atoms with E-state index in [9.17, 15) is 0 Å². The molecule has 0 saturated heterocycles. The van der Waals surface area contributed by atoms with Gasteiger partial charge in [0.2, 0.25) is 0 Å². The number of furan rings is 1. The minimum atomic E-state index is 0.903. The van der Waals surface area contributed by atoms with Gasteiger partial charge in [-0.1, -0.05) is 152 Å². The smallest absolute Gasteiger partial charge is 0.143 e. The molecule has 0 amide bonds. The molecule has 13 aromatic rings. The number of fused-ring (bicyclic) bond motifs is 11. The molecule has 0 saturated carbocycles. The topological polar surface area (TPSA) is 16.4 Å². The Morgan fingerprint density at radius 1 is 0.302 bits per heavy atom. The van der Waals surface area contributed by atoms with Gasteiger partial charge in [-0.05, 0) is 133 Å². The van der Waals surface area contributed by atoms with Gasteiger partial charge in [-0.3, -0.25) is 0 Å². The number of thiophene rings is 1. The van der Waals surface area contributed by atoms with Crippen molar-refractivity contribution >= 4 is 103 Å². The van der Waals surface area contributed by atoms with Crippen LogP contribution in [0.2, 0.25) is 0 Å². The molecule has 0 fully saturated rings. The summed E-state index contributed by atoms with van der Waals surface area (Å²) >= 11 is 1.89. The van der Waals surface area contributed by atoms with E-state index in [2.05, 4.69) is 229 Å². The van der Waals surface area contributed by atoms with Crippen LogP contribution in [0.25, 0.3) is 108 Å². The van der Waals surface area contributed by atoms with Gasteiger partial charge >= 0.3 is 0 Å². The van der Waals surface area contributed by atoms with E-state index in [-0.39, 0.29) is 0 Å². The highest BCUT2D eigenvalue weighted by Gasteiger charge is 2.17. The van der Waals surface area contributed by atoms with Gasteiger partial charge in [0.05, 0.1) is 0 Å². The zero-order valence-corrected chi connectivity index (χ0v) is 34.9. The molecule has 2 heterocycles. The Hall–Kier alpha value is -7.98. The summed E-state index contributed by atoms with van der Waals surface area (Å²) in [5.41, 5.74) is 12.2. The number of benzene rings is 11. The van der Waals surface area contributed by atoms with Gasteiger partial charge in [0, 0.05) is 53.4 Å². The molecule has 13 rings (SSSR count). The van der Waals surface area contributed by atoms with Crippen LogP contribution in [0.15, 0.2) is 229 Å². The summed E-state index contributed by atoms with van der Waals surface area (Å²) < 4.78 is 9.11. The lowest BCUT2D eigenvalue weighted by atomic mass is 9.99. The van der Waals surface area contributed by atoms with Crippen molar-refractivity contribution in [3.8, 4) is 33.4 Å². The van der Waals surface area contributed by atoms with Crippen LogP contribution in [0.5, 0.6) is 0 Å². The standard InChI is InChI=1S/C60H37NOS/c1-2-11-43-34-45(17-16-38(43)8-1)44-12-7-13-50(35-44)61(48-26-18-39(19-27-48)46-24-32-57-55(36-46)53-30-22-41-9-3-5-14-51(41)59(53)62-57)49-28-20-40(21-29-49)47-25-33-58-56(37-47)54-31-23-42-10-4-6-15-52(42)60(54)63-58/h1-37H. The van der Waals surface area contributed by atoms with E-state index >= 15 is 0 Å². The minimum absolute atomic E-state index is 0.903. The van der Waals surface area contributed by atoms with Crippen molar-refractivity contribution in [3.05, 3.63) is 224 Å². The Morgan fingerprint density at radius 3 is 1.62 bits per heavy atom. The van der Waals surface area contributed by atoms with Crippen molar-refractivity contribution in [3.63, 3.8) is 0 Å². The third-order valence-corrected chi connectivity index (χ3v) is 14.0. The molecular weight excluding hydrogens is 783 g/mol. The monoisotopic (exact) mass is 819 g/mol. The Bertz CT molecular complexity index is 3720. The van der Waals surface area contributed by atoms with E-state index in [4.69, 9.17) is 4.42 Å². The predicted octanol–water partition coefficient (Wildman–Crippen LogP) is 17.9. The second kappa shape index (κ2) is 14.3. The fraction of sp³-hybridized carbons (Fsp3) is 0. The number of anilines is 3. The Labute approximate surface area is 368 Å². The maximum absolute atomic E-state index is 6.44. The SMILES string of the molecule is c1cc(-c2ccc3ccccc3c2)cc(N(c2ccc(-c3ccc4oc5c6ccccc6ccc5c4c3)cc2)c2ccc(-c3ccc4sc5c6ccccc6ccc5c4c3)cc2)c1. The number of nitrogens with zero attached hydrogens (tertiary/aromatic N) is 1. The Kier molecular flexibility index (Phi) is 8.12. The molecule has 0 atom stereocenters. The normalized spacial score (nSPS) is 11.8. The molecule has 63 heavy (non-hydrogen) atoms. The van der Waals surface area contributed by atoms with E-state index in [1.54, 1.807) is 0 Å². The van der Waals surface area contributed by atoms with Crippen LogP contribution in [0.1, 0.15) is 0 Å². The first-order valence-electron chi connectivity index (χ1n) is 21.5. The largest absolute Gasteiger partial charge is 0.455 e. The lowest BCUT2D eigenvalue weighted by molar-refractivity contribution is 0.672. The third-order valence-electron chi connectivity index (χ3n) is 12.8. The van der Waals surface area contributed by atoms with E-state index < -0.39 is 0 Å². The van der Waals surface area contributed by atoms with Crippen LogP contribution in [-0.2, 0) is 0 Å². The van der Waals surface area contributed by atoms with Gasteiger partial charge in [-0.2, -0.15) is 0 Å². The first kappa shape index (κ1) is 35.7. The number of hydrogen-bond acceptors (Lipinski definition) is 3. The lowest BCUT2D eigenvalue weighted by Gasteiger charge is -2.26. The fourth-order valence-electron chi connectivity index (χ4n) is 9.61. The van der Waals surface area contributed by atoms with Crippen molar-refractivity contribution in [2.75, 3.05) is 4.90 Å². The molecule has 294 valence electrons. The highest BCUT2D eigenvalue weighted by molar-refractivity contribution is 7.26. The van der Waals surface area contributed by atoms with Crippen molar-refractivity contribution in [1.82, 2.24) is 0 Å². The van der Waals surface area contributed by atoms with Crippen molar-refractivity contribution in [1.29, 1.82) is 0 Å². The van der Waals surface area contributed by atoms with E-state index in [0.717, 1.165) is 55.5 Å². The molecule has 0 aliphatic heterocycles. The molecular formula is C60H37NOS. The summed E-state index contributed by atoms with van der Waals surface area (Å²) in [7, 11) is 0. The number of rotatable bonds is 6. The minimum Gasteiger partial charge on any atom is -0.455 e. The first-order chi connectivity index (χ1) is 31.2. The van der Waals surface area contributed by atoms with Gasteiger partial charge in [-0.15, -0.1) is 11.3 Å². The van der Waals surface area contributed by atoms with Crippen LogP contribution < -0.4 is 4.90 Å². The third kappa shape index (κ3) is 6.01. The van der Waals surface area contributed by atoms with Gasteiger partial charge in [0.15, 0.2) is 0 Å². The fourth-order valence-corrected chi connectivity index (χ4v) is 10.8. The molecule has 2 aromatic heterocycles. The van der Waals surface area contributed by atoms with E-state index in [1.807, 2.05) is 11.3 Å². The van der Waals surface area contributed by atoms with Gasteiger partial charge in [-0.25, -0.2) is 0 Å². The molecule has 11 aromatic carbocycles. The molecule has 0 radical (unpaired) electrons. The van der Waals surface area contributed by atoms with Crippen LogP contribution >= 0.6 is 11.3 Å². The summed E-state index contributed by atoms with van der Waals surface area (Å²) in [6.07, 6.45) is 0. The molecule has 0 unspecified atom stereocenters. The average Bonchev–Trinajstić information content (AvgIpc) is 3.93. The zero-order valence-electron chi connectivity index (χ0n) is 34.1. The first-order valence-corrected chi connectivity index (χ1v) is 22.3. The highest BCUT2D eigenvalue weighted by atomic mass is 32.1. The Morgan fingerprint density at radius 2 is 0.857 bits per heavy atom. The molecule has 0 bridgehead atoms. The molecule has 2 nitrogen and oxygen atoms in total. The maximum atomic E-state index is 6.44. The van der Waals surface area contributed by atoms with Crippen LogP contribution in [0.3, 0.4) is 0 Å².